The summed E-state index contributed by atoms with van der Waals surface area (Å²) in [6.45, 7) is 2.90. The average Bonchev–Trinajstić information content (AvgIpc) is 3.24. The Morgan fingerprint density at radius 1 is 1.08 bits per heavy atom. The fraction of sp³-hybridized carbons (Fsp3) is 0.450. The van der Waals surface area contributed by atoms with Crippen LogP contribution in [0.15, 0.2) is 40.2 Å². The van der Waals surface area contributed by atoms with Crippen LogP contribution in [0.5, 0.6) is 0 Å². The van der Waals surface area contributed by atoms with Crippen LogP contribution in [0.4, 0.5) is 0 Å². The van der Waals surface area contributed by atoms with E-state index < -0.39 is 0 Å². The molecule has 4 rings (SSSR count). The molecule has 136 valence electrons. The van der Waals surface area contributed by atoms with Gasteiger partial charge in [-0.3, -0.25) is 13.9 Å². The molecule has 1 aromatic carbocycles. The van der Waals surface area contributed by atoms with Crippen molar-refractivity contribution in [2.75, 3.05) is 0 Å². The Kier molecular flexibility index (Phi) is 4.05. The first kappa shape index (κ1) is 16.8. The standard InChI is InChI=1S/C20H24N4O2/c1-13-4-6-14(7-5-13)8-9-15-10-16(15)11-24-12-21-18-17(24)19(25)23(3)20(26)22(18)2/h4-7,12,15-16H,8-11H2,1-3H3/t15-,16-/m1/s1. The number of imidazole rings is 1. The minimum atomic E-state index is -0.338. The molecule has 6 heteroatoms. The minimum absolute atomic E-state index is 0.266. The summed E-state index contributed by atoms with van der Waals surface area (Å²) in [4.78, 5) is 28.8. The molecule has 26 heavy (non-hydrogen) atoms. The number of fused-ring (bicyclic) bond motifs is 1. The Morgan fingerprint density at radius 3 is 2.54 bits per heavy atom. The van der Waals surface area contributed by atoms with Crippen LogP contribution >= 0.6 is 0 Å². The van der Waals surface area contributed by atoms with Gasteiger partial charge in [-0.25, -0.2) is 9.78 Å². The summed E-state index contributed by atoms with van der Waals surface area (Å²) < 4.78 is 4.52. The van der Waals surface area contributed by atoms with Gasteiger partial charge in [-0.2, -0.15) is 0 Å². The van der Waals surface area contributed by atoms with E-state index in [1.54, 1.807) is 13.4 Å². The van der Waals surface area contributed by atoms with Crippen LogP contribution in [-0.4, -0.2) is 18.7 Å². The Bertz CT molecular complexity index is 1070. The lowest BCUT2D eigenvalue weighted by Crippen LogP contribution is -2.37. The molecular weight excluding hydrogens is 328 g/mol. The van der Waals surface area contributed by atoms with Crippen molar-refractivity contribution in [1.29, 1.82) is 0 Å². The molecule has 0 N–H and O–H groups in total. The number of aryl methyl sites for hydroxylation is 3. The third-order valence-corrected chi connectivity index (χ3v) is 5.64. The summed E-state index contributed by atoms with van der Waals surface area (Å²) in [6, 6.07) is 8.75. The summed E-state index contributed by atoms with van der Waals surface area (Å²) >= 11 is 0. The Hall–Kier alpha value is -2.63. The van der Waals surface area contributed by atoms with Gasteiger partial charge in [0.1, 0.15) is 0 Å². The van der Waals surface area contributed by atoms with Gasteiger partial charge >= 0.3 is 5.69 Å². The molecule has 1 saturated carbocycles. The third-order valence-electron chi connectivity index (χ3n) is 5.64. The van der Waals surface area contributed by atoms with E-state index in [9.17, 15) is 9.59 Å². The van der Waals surface area contributed by atoms with E-state index >= 15 is 0 Å². The normalized spacial score (nSPS) is 19.2. The van der Waals surface area contributed by atoms with Crippen molar-refractivity contribution in [3.8, 4) is 0 Å². The number of hydrogen-bond donors (Lipinski definition) is 0. The maximum atomic E-state index is 12.5. The average molecular weight is 352 g/mol. The maximum Gasteiger partial charge on any atom is 0.332 e. The molecule has 0 radical (unpaired) electrons. The lowest BCUT2D eigenvalue weighted by molar-refractivity contribution is 0.564. The highest BCUT2D eigenvalue weighted by Gasteiger charge is 2.37. The van der Waals surface area contributed by atoms with E-state index in [0.717, 1.165) is 17.5 Å². The van der Waals surface area contributed by atoms with Crippen molar-refractivity contribution in [3.63, 3.8) is 0 Å². The molecule has 1 aliphatic carbocycles. The van der Waals surface area contributed by atoms with Gasteiger partial charge in [0.2, 0.25) is 0 Å². The van der Waals surface area contributed by atoms with Crippen LogP contribution in [0.2, 0.25) is 0 Å². The van der Waals surface area contributed by atoms with Gasteiger partial charge < -0.3 is 4.57 Å². The summed E-state index contributed by atoms with van der Waals surface area (Å²) in [5, 5.41) is 0. The Labute approximate surface area is 151 Å². The highest BCUT2D eigenvalue weighted by Crippen LogP contribution is 2.43. The van der Waals surface area contributed by atoms with Gasteiger partial charge in [0.15, 0.2) is 11.2 Å². The van der Waals surface area contributed by atoms with Crippen molar-refractivity contribution in [3.05, 3.63) is 62.6 Å². The van der Waals surface area contributed by atoms with Crippen LogP contribution in [-0.2, 0) is 27.1 Å². The van der Waals surface area contributed by atoms with E-state index in [-0.39, 0.29) is 11.2 Å². The van der Waals surface area contributed by atoms with Crippen LogP contribution in [0.25, 0.3) is 11.2 Å². The fourth-order valence-electron chi connectivity index (χ4n) is 3.78. The zero-order valence-electron chi connectivity index (χ0n) is 15.5. The summed E-state index contributed by atoms with van der Waals surface area (Å²) in [5.41, 5.74) is 3.07. The van der Waals surface area contributed by atoms with E-state index in [2.05, 4.69) is 36.2 Å². The monoisotopic (exact) mass is 352 g/mol. The van der Waals surface area contributed by atoms with Gasteiger partial charge in [0.05, 0.1) is 6.33 Å². The number of nitrogens with zero attached hydrogens (tertiary/aromatic N) is 4. The van der Waals surface area contributed by atoms with E-state index in [1.165, 1.54) is 35.6 Å². The second-order valence-corrected chi connectivity index (χ2v) is 7.56. The smallest absolute Gasteiger partial charge is 0.324 e. The number of aromatic nitrogens is 4. The Balaban J connectivity index is 1.47. The molecule has 2 atom stereocenters. The van der Waals surface area contributed by atoms with E-state index in [1.807, 2.05) is 4.57 Å². The van der Waals surface area contributed by atoms with Crippen molar-refractivity contribution < 1.29 is 0 Å². The molecule has 0 spiro atoms. The quantitative estimate of drug-likeness (QED) is 0.706. The summed E-state index contributed by atoms with van der Waals surface area (Å²) in [5.74, 6) is 1.28. The van der Waals surface area contributed by atoms with Crippen molar-refractivity contribution >= 4 is 11.2 Å². The molecule has 3 aromatic rings. The predicted octanol–water partition coefficient (Wildman–Crippen LogP) is 2.01. The number of hydrogen-bond acceptors (Lipinski definition) is 3. The molecule has 0 amide bonds. The van der Waals surface area contributed by atoms with Gasteiger partial charge in [-0.1, -0.05) is 29.8 Å². The highest BCUT2D eigenvalue weighted by molar-refractivity contribution is 5.69. The maximum absolute atomic E-state index is 12.5. The second-order valence-electron chi connectivity index (χ2n) is 7.56. The van der Waals surface area contributed by atoms with Gasteiger partial charge in [-0.15, -0.1) is 0 Å². The van der Waals surface area contributed by atoms with Crippen molar-refractivity contribution in [1.82, 2.24) is 18.7 Å². The van der Waals surface area contributed by atoms with Crippen molar-refractivity contribution in [2.24, 2.45) is 25.9 Å². The molecule has 0 unspecified atom stereocenters. The molecule has 0 aliphatic heterocycles. The third kappa shape index (κ3) is 2.89. The fourth-order valence-corrected chi connectivity index (χ4v) is 3.78. The minimum Gasteiger partial charge on any atom is -0.324 e. The predicted molar refractivity (Wildman–Crippen MR) is 101 cm³/mol. The highest BCUT2D eigenvalue weighted by atomic mass is 16.2. The van der Waals surface area contributed by atoms with Crippen molar-refractivity contribution in [2.45, 2.75) is 32.7 Å². The van der Waals surface area contributed by atoms with Gasteiger partial charge in [0.25, 0.3) is 5.56 Å². The first-order valence-electron chi connectivity index (χ1n) is 9.12. The van der Waals surface area contributed by atoms with E-state index in [4.69, 9.17) is 0 Å². The molecule has 2 heterocycles. The number of rotatable bonds is 5. The zero-order chi connectivity index (χ0) is 18.4. The molecule has 1 fully saturated rings. The van der Waals surface area contributed by atoms with Crippen LogP contribution in [0.3, 0.4) is 0 Å². The lowest BCUT2D eigenvalue weighted by atomic mass is 10.1. The Morgan fingerprint density at radius 2 is 1.81 bits per heavy atom. The molecule has 0 bridgehead atoms. The first-order valence-corrected chi connectivity index (χ1v) is 9.12. The van der Waals surface area contributed by atoms with E-state index in [0.29, 0.717) is 23.0 Å². The molecule has 6 nitrogen and oxygen atoms in total. The lowest BCUT2D eigenvalue weighted by Gasteiger charge is -2.07. The molecule has 2 aromatic heterocycles. The van der Waals surface area contributed by atoms with Crippen LogP contribution in [0, 0.1) is 18.8 Å². The molecule has 1 aliphatic rings. The first-order chi connectivity index (χ1) is 12.5. The second kappa shape index (κ2) is 6.27. The summed E-state index contributed by atoms with van der Waals surface area (Å²) in [7, 11) is 3.17. The van der Waals surface area contributed by atoms with Crippen LogP contribution in [0.1, 0.15) is 24.0 Å². The largest absolute Gasteiger partial charge is 0.332 e. The SMILES string of the molecule is Cc1ccc(CC[C@@H]2C[C@@H]2Cn2cnc3c2c(=O)n(C)c(=O)n3C)cc1. The molecule has 0 saturated heterocycles. The van der Waals surface area contributed by atoms with Gasteiger partial charge in [-0.05, 0) is 43.6 Å². The topological polar surface area (TPSA) is 61.8 Å². The summed E-state index contributed by atoms with van der Waals surface area (Å²) in [6.07, 6.45) is 5.16. The van der Waals surface area contributed by atoms with Gasteiger partial charge in [0, 0.05) is 20.6 Å². The zero-order valence-corrected chi connectivity index (χ0v) is 15.5. The number of benzene rings is 1. The van der Waals surface area contributed by atoms with Crippen LogP contribution < -0.4 is 11.2 Å². The molecular formula is C20H24N4O2.